The third-order valence-corrected chi connectivity index (χ3v) is 5.15. The van der Waals surface area contributed by atoms with Crippen LogP contribution in [0.1, 0.15) is 38.2 Å². The second-order valence-corrected chi connectivity index (χ2v) is 6.61. The largest absolute Gasteiger partial charge is 0.304 e. The maximum Gasteiger partial charge on any atom is 0.0533 e. The molecule has 2 heteroatoms. The van der Waals surface area contributed by atoms with E-state index in [0.29, 0.717) is 0 Å². The van der Waals surface area contributed by atoms with Gasteiger partial charge in [-0.2, -0.15) is 0 Å². The molecule has 1 aromatic rings. The normalized spacial score (nSPS) is 29.6. The smallest absolute Gasteiger partial charge is 0.0533 e. The van der Waals surface area contributed by atoms with Crippen molar-refractivity contribution in [2.24, 2.45) is 0 Å². The van der Waals surface area contributed by atoms with Crippen LogP contribution < -0.4 is 5.32 Å². The van der Waals surface area contributed by atoms with Crippen LogP contribution in [0.25, 0.3) is 0 Å². The molecule has 2 fully saturated rings. The van der Waals surface area contributed by atoms with Crippen LogP contribution in [0.3, 0.4) is 0 Å². The zero-order valence-electron chi connectivity index (χ0n) is 9.83. The first-order valence-corrected chi connectivity index (χ1v) is 7.16. The van der Waals surface area contributed by atoms with E-state index in [1.165, 1.54) is 36.1 Å². The molecule has 0 spiro atoms. The van der Waals surface area contributed by atoms with Crippen molar-refractivity contribution in [2.75, 3.05) is 6.54 Å². The van der Waals surface area contributed by atoms with E-state index in [1.807, 2.05) is 0 Å². The first-order valence-electron chi connectivity index (χ1n) is 6.28. The molecule has 0 amide bonds. The highest BCUT2D eigenvalue weighted by molar-refractivity contribution is 8.00. The minimum Gasteiger partial charge on any atom is -0.304 e. The SMILES string of the molecule is CC1(c2ccc(SC3CCCC3)cc2)CN1. The topological polar surface area (TPSA) is 21.9 Å². The lowest BCUT2D eigenvalue weighted by Gasteiger charge is -2.11. The monoisotopic (exact) mass is 233 g/mol. The van der Waals surface area contributed by atoms with Gasteiger partial charge in [0.05, 0.1) is 5.54 Å². The minimum atomic E-state index is 0.274. The lowest BCUT2D eigenvalue weighted by atomic mass is 10.0. The fraction of sp³-hybridized carbons (Fsp3) is 0.571. The standard InChI is InChI=1S/C14H19NS/c1-14(10-15-14)11-6-8-13(9-7-11)16-12-4-2-3-5-12/h6-9,12,15H,2-5,10H2,1H3. The molecule has 1 aliphatic heterocycles. The van der Waals surface area contributed by atoms with Crippen molar-refractivity contribution in [1.82, 2.24) is 5.32 Å². The van der Waals surface area contributed by atoms with Gasteiger partial charge < -0.3 is 5.32 Å². The molecule has 16 heavy (non-hydrogen) atoms. The van der Waals surface area contributed by atoms with E-state index in [0.717, 1.165) is 11.8 Å². The first-order chi connectivity index (χ1) is 7.76. The highest BCUT2D eigenvalue weighted by atomic mass is 32.2. The number of nitrogens with one attached hydrogen (secondary N) is 1. The van der Waals surface area contributed by atoms with Crippen molar-refractivity contribution in [3.8, 4) is 0 Å². The van der Waals surface area contributed by atoms with Gasteiger partial charge in [-0.05, 0) is 37.5 Å². The van der Waals surface area contributed by atoms with Crippen molar-refractivity contribution in [3.05, 3.63) is 29.8 Å². The van der Waals surface area contributed by atoms with E-state index in [1.54, 1.807) is 0 Å². The van der Waals surface area contributed by atoms with Gasteiger partial charge in [0.25, 0.3) is 0 Å². The number of hydrogen-bond acceptors (Lipinski definition) is 2. The van der Waals surface area contributed by atoms with Gasteiger partial charge in [-0.15, -0.1) is 11.8 Å². The van der Waals surface area contributed by atoms with E-state index in [4.69, 9.17) is 0 Å². The molecular formula is C14H19NS. The minimum absolute atomic E-state index is 0.274. The number of thioether (sulfide) groups is 1. The Morgan fingerprint density at radius 3 is 2.38 bits per heavy atom. The van der Waals surface area contributed by atoms with Gasteiger partial charge >= 0.3 is 0 Å². The van der Waals surface area contributed by atoms with Crippen LogP contribution in [0.15, 0.2) is 29.2 Å². The Labute approximate surface area is 102 Å². The van der Waals surface area contributed by atoms with Gasteiger partial charge in [-0.1, -0.05) is 25.0 Å². The molecule has 0 radical (unpaired) electrons. The lowest BCUT2D eigenvalue weighted by Crippen LogP contribution is -2.06. The number of benzene rings is 1. The van der Waals surface area contributed by atoms with Gasteiger partial charge in [-0.3, -0.25) is 0 Å². The van der Waals surface area contributed by atoms with Crippen LogP contribution >= 0.6 is 11.8 Å². The van der Waals surface area contributed by atoms with Gasteiger partial charge in [0.15, 0.2) is 0 Å². The maximum absolute atomic E-state index is 3.41. The molecular weight excluding hydrogens is 214 g/mol. The van der Waals surface area contributed by atoms with E-state index < -0.39 is 0 Å². The Kier molecular flexibility index (Phi) is 2.72. The molecule has 3 rings (SSSR count). The molecule has 1 nitrogen and oxygen atoms in total. The fourth-order valence-electron chi connectivity index (χ4n) is 2.44. The van der Waals surface area contributed by atoms with Crippen molar-refractivity contribution in [3.63, 3.8) is 0 Å². The lowest BCUT2D eigenvalue weighted by molar-refractivity contribution is 0.762. The maximum atomic E-state index is 3.41. The zero-order chi connectivity index (χ0) is 11.0. The summed E-state index contributed by atoms with van der Waals surface area (Å²) in [6.07, 6.45) is 5.67. The zero-order valence-corrected chi connectivity index (χ0v) is 10.6. The molecule has 1 N–H and O–H groups in total. The number of hydrogen-bond donors (Lipinski definition) is 1. The van der Waals surface area contributed by atoms with Gasteiger partial charge in [-0.25, -0.2) is 0 Å². The van der Waals surface area contributed by atoms with E-state index >= 15 is 0 Å². The summed E-state index contributed by atoms with van der Waals surface area (Å²) in [4.78, 5) is 1.44. The third kappa shape index (κ3) is 2.14. The van der Waals surface area contributed by atoms with Crippen LogP contribution in [0.4, 0.5) is 0 Å². The summed E-state index contributed by atoms with van der Waals surface area (Å²) in [5, 5.41) is 4.29. The van der Waals surface area contributed by atoms with E-state index in [2.05, 4.69) is 48.3 Å². The summed E-state index contributed by atoms with van der Waals surface area (Å²) in [7, 11) is 0. The fourth-order valence-corrected chi connectivity index (χ4v) is 3.68. The summed E-state index contributed by atoms with van der Waals surface area (Å²) in [6.45, 7) is 3.40. The highest BCUT2D eigenvalue weighted by Crippen LogP contribution is 2.36. The molecule has 86 valence electrons. The predicted octanol–water partition coefficient (Wildman–Crippen LogP) is 3.54. The Morgan fingerprint density at radius 1 is 1.19 bits per heavy atom. The van der Waals surface area contributed by atoms with Crippen molar-refractivity contribution in [1.29, 1.82) is 0 Å². The number of rotatable bonds is 3. The molecule has 0 aromatic heterocycles. The summed E-state index contributed by atoms with van der Waals surface area (Å²) >= 11 is 2.07. The van der Waals surface area contributed by atoms with Crippen LogP contribution in [0.2, 0.25) is 0 Å². The first kappa shape index (κ1) is 10.7. The molecule has 1 saturated carbocycles. The molecule has 1 unspecified atom stereocenters. The highest BCUT2D eigenvalue weighted by Gasteiger charge is 2.37. The Morgan fingerprint density at radius 2 is 1.81 bits per heavy atom. The molecule has 2 aliphatic rings. The summed E-state index contributed by atoms with van der Waals surface area (Å²) < 4.78 is 0. The van der Waals surface area contributed by atoms with Crippen LogP contribution in [-0.2, 0) is 5.54 Å². The second kappa shape index (κ2) is 4.08. The van der Waals surface area contributed by atoms with Crippen molar-refractivity contribution >= 4 is 11.8 Å². The molecule has 1 atom stereocenters. The van der Waals surface area contributed by atoms with Crippen LogP contribution in [-0.4, -0.2) is 11.8 Å². The predicted molar refractivity (Wildman–Crippen MR) is 69.9 cm³/mol. The summed E-state index contributed by atoms with van der Waals surface area (Å²) in [6, 6.07) is 9.17. The van der Waals surface area contributed by atoms with Gasteiger partial charge in [0, 0.05) is 16.7 Å². The molecule has 1 aliphatic carbocycles. The van der Waals surface area contributed by atoms with Crippen molar-refractivity contribution in [2.45, 2.75) is 48.3 Å². The average molecular weight is 233 g/mol. The van der Waals surface area contributed by atoms with Gasteiger partial charge in [0.1, 0.15) is 0 Å². The quantitative estimate of drug-likeness (QED) is 0.807. The molecule has 1 saturated heterocycles. The summed E-state index contributed by atoms with van der Waals surface area (Å²) in [5.74, 6) is 0. The van der Waals surface area contributed by atoms with E-state index in [9.17, 15) is 0 Å². The second-order valence-electron chi connectivity index (χ2n) is 5.23. The Balaban J connectivity index is 1.67. The Hall–Kier alpha value is -0.470. The molecule has 1 aromatic carbocycles. The van der Waals surface area contributed by atoms with Gasteiger partial charge in [0.2, 0.25) is 0 Å². The summed E-state index contributed by atoms with van der Waals surface area (Å²) in [5.41, 5.74) is 1.71. The third-order valence-electron chi connectivity index (χ3n) is 3.80. The van der Waals surface area contributed by atoms with Crippen molar-refractivity contribution < 1.29 is 0 Å². The van der Waals surface area contributed by atoms with Crippen LogP contribution in [0, 0.1) is 0 Å². The molecule has 0 bridgehead atoms. The Bertz CT molecular complexity index is 361. The van der Waals surface area contributed by atoms with E-state index in [-0.39, 0.29) is 5.54 Å². The average Bonchev–Trinajstić information content (AvgIpc) is 2.85. The van der Waals surface area contributed by atoms with Crippen LogP contribution in [0.5, 0.6) is 0 Å². The molecule has 1 heterocycles.